The number of aryl methyl sites for hydroxylation is 1. The molecule has 1 aromatic heterocycles. The zero-order valence-corrected chi connectivity index (χ0v) is 11.2. The van der Waals surface area contributed by atoms with Crippen molar-refractivity contribution in [2.24, 2.45) is 0 Å². The quantitative estimate of drug-likeness (QED) is 0.908. The van der Waals surface area contributed by atoms with Gasteiger partial charge in [-0.3, -0.25) is 4.79 Å². The van der Waals surface area contributed by atoms with Gasteiger partial charge in [0.15, 0.2) is 0 Å². The van der Waals surface area contributed by atoms with Crippen LogP contribution in [0.5, 0.6) is 0 Å². The Morgan fingerprint density at radius 1 is 1.32 bits per heavy atom. The van der Waals surface area contributed by atoms with Crippen molar-refractivity contribution in [2.45, 2.75) is 19.4 Å². The highest BCUT2D eigenvalue weighted by Gasteiger charge is 2.03. The van der Waals surface area contributed by atoms with Crippen LogP contribution in [-0.4, -0.2) is 5.91 Å². The number of carbonyl (C=O) groups excluding carboxylic acids is 1. The van der Waals surface area contributed by atoms with Crippen LogP contribution in [0, 0.1) is 11.3 Å². The molecule has 2 rings (SSSR count). The third kappa shape index (κ3) is 4.23. The van der Waals surface area contributed by atoms with Crippen molar-refractivity contribution < 1.29 is 4.79 Å². The van der Waals surface area contributed by atoms with Crippen LogP contribution in [0.2, 0.25) is 0 Å². The minimum absolute atomic E-state index is 0.0357. The van der Waals surface area contributed by atoms with E-state index in [0.29, 0.717) is 18.5 Å². The summed E-state index contributed by atoms with van der Waals surface area (Å²) in [4.78, 5) is 11.7. The van der Waals surface area contributed by atoms with Crippen LogP contribution in [0.4, 0.5) is 0 Å². The highest BCUT2D eigenvalue weighted by molar-refractivity contribution is 7.07. The molecule has 0 aliphatic carbocycles. The number of amides is 1. The van der Waals surface area contributed by atoms with Crippen molar-refractivity contribution in [3.8, 4) is 6.07 Å². The maximum absolute atomic E-state index is 11.7. The number of rotatable bonds is 5. The summed E-state index contributed by atoms with van der Waals surface area (Å²) in [6, 6.07) is 11.4. The van der Waals surface area contributed by atoms with Gasteiger partial charge in [-0.2, -0.15) is 16.6 Å². The predicted molar refractivity (Wildman–Crippen MR) is 75.6 cm³/mol. The summed E-state index contributed by atoms with van der Waals surface area (Å²) in [7, 11) is 0. The minimum Gasteiger partial charge on any atom is -0.352 e. The lowest BCUT2D eigenvalue weighted by molar-refractivity contribution is -0.121. The van der Waals surface area contributed by atoms with Gasteiger partial charge < -0.3 is 5.32 Å². The summed E-state index contributed by atoms with van der Waals surface area (Å²) in [6.07, 6.45) is 1.27. The van der Waals surface area contributed by atoms with Gasteiger partial charge >= 0.3 is 0 Å². The average Bonchev–Trinajstić information content (AvgIpc) is 2.96. The second kappa shape index (κ2) is 6.72. The van der Waals surface area contributed by atoms with Crippen LogP contribution in [0.25, 0.3) is 0 Å². The number of carbonyl (C=O) groups is 1. The van der Waals surface area contributed by atoms with Gasteiger partial charge in [0.05, 0.1) is 11.6 Å². The van der Waals surface area contributed by atoms with Crippen molar-refractivity contribution in [2.75, 3.05) is 0 Å². The maximum Gasteiger partial charge on any atom is 0.220 e. The Morgan fingerprint density at radius 3 is 2.95 bits per heavy atom. The van der Waals surface area contributed by atoms with Crippen molar-refractivity contribution in [3.63, 3.8) is 0 Å². The summed E-state index contributed by atoms with van der Waals surface area (Å²) in [5.74, 6) is 0.0357. The fourth-order valence-electron chi connectivity index (χ4n) is 1.73. The predicted octanol–water partition coefficient (Wildman–Crippen LogP) is 2.87. The Hall–Kier alpha value is -2.12. The van der Waals surface area contributed by atoms with Gasteiger partial charge in [0.2, 0.25) is 5.91 Å². The van der Waals surface area contributed by atoms with E-state index >= 15 is 0 Å². The number of nitrogens with zero attached hydrogens (tertiary/aromatic N) is 1. The molecule has 19 heavy (non-hydrogen) atoms. The molecule has 0 aliphatic rings. The van der Waals surface area contributed by atoms with E-state index in [1.807, 2.05) is 23.6 Å². The fourth-order valence-corrected chi connectivity index (χ4v) is 2.44. The lowest BCUT2D eigenvalue weighted by Crippen LogP contribution is -2.22. The molecule has 1 heterocycles. The zero-order chi connectivity index (χ0) is 13.5. The Kier molecular flexibility index (Phi) is 4.71. The summed E-state index contributed by atoms with van der Waals surface area (Å²) < 4.78 is 0. The van der Waals surface area contributed by atoms with E-state index in [9.17, 15) is 4.79 Å². The van der Waals surface area contributed by atoms with E-state index in [1.54, 1.807) is 23.5 Å². The Balaban J connectivity index is 1.78. The Labute approximate surface area is 116 Å². The lowest BCUT2D eigenvalue weighted by atomic mass is 10.1. The van der Waals surface area contributed by atoms with Gasteiger partial charge in [0.1, 0.15) is 0 Å². The number of hydrogen-bond acceptors (Lipinski definition) is 3. The van der Waals surface area contributed by atoms with Crippen LogP contribution in [0.3, 0.4) is 0 Å². The first-order chi connectivity index (χ1) is 9.28. The molecular formula is C15H14N2OS. The Morgan fingerprint density at radius 2 is 2.21 bits per heavy atom. The standard InChI is InChI=1S/C15H14N2OS/c16-9-13-2-1-3-14(8-13)10-17-15(18)5-4-12-6-7-19-11-12/h1-3,6-8,11H,4-5,10H2,(H,17,18). The maximum atomic E-state index is 11.7. The number of hydrogen-bond donors (Lipinski definition) is 1. The average molecular weight is 270 g/mol. The first-order valence-corrected chi connectivity index (χ1v) is 6.99. The second-order valence-corrected chi connectivity index (χ2v) is 5.00. The van der Waals surface area contributed by atoms with Gasteiger partial charge in [-0.25, -0.2) is 0 Å². The number of nitriles is 1. The second-order valence-electron chi connectivity index (χ2n) is 4.22. The number of benzene rings is 1. The molecule has 0 saturated carbocycles. The molecule has 0 saturated heterocycles. The van der Waals surface area contributed by atoms with E-state index in [0.717, 1.165) is 12.0 Å². The van der Waals surface area contributed by atoms with Crippen molar-refractivity contribution >= 4 is 17.2 Å². The molecular weight excluding hydrogens is 256 g/mol. The molecule has 1 N–H and O–H groups in total. The molecule has 4 heteroatoms. The first kappa shape index (κ1) is 13.3. The molecule has 96 valence electrons. The largest absolute Gasteiger partial charge is 0.352 e. The molecule has 0 spiro atoms. The molecule has 2 aromatic rings. The molecule has 3 nitrogen and oxygen atoms in total. The SMILES string of the molecule is N#Cc1cccc(CNC(=O)CCc2ccsc2)c1. The van der Waals surface area contributed by atoms with Crippen LogP contribution >= 0.6 is 11.3 Å². The molecule has 0 fully saturated rings. The van der Waals surface area contributed by atoms with Crippen LogP contribution in [0.1, 0.15) is 23.1 Å². The lowest BCUT2D eigenvalue weighted by Gasteiger charge is -2.05. The third-order valence-corrected chi connectivity index (χ3v) is 3.50. The van der Waals surface area contributed by atoms with Crippen molar-refractivity contribution in [1.82, 2.24) is 5.32 Å². The van der Waals surface area contributed by atoms with E-state index < -0.39 is 0 Å². The zero-order valence-electron chi connectivity index (χ0n) is 10.4. The molecule has 1 amide bonds. The summed E-state index contributed by atoms with van der Waals surface area (Å²) >= 11 is 1.64. The molecule has 0 bridgehead atoms. The number of thiophene rings is 1. The van der Waals surface area contributed by atoms with Gasteiger partial charge in [-0.05, 0) is 46.5 Å². The van der Waals surface area contributed by atoms with Crippen molar-refractivity contribution in [1.29, 1.82) is 5.26 Å². The highest BCUT2D eigenvalue weighted by atomic mass is 32.1. The first-order valence-electron chi connectivity index (χ1n) is 6.05. The van der Waals surface area contributed by atoms with E-state index in [1.165, 1.54) is 5.56 Å². The van der Waals surface area contributed by atoms with Gasteiger partial charge in [-0.1, -0.05) is 12.1 Å². The van der Waals surface area contributed by atoms with Crippen LogP contribution < -0.4 is 5.32 Å². The normalized spacial score (nSPS) is 9.84. The molecule has 0 radical (unpaired) electrons. The Bertz CT molecular complexity index is 584. The van der Waals surface area contributed by atoms with E-state index in [2.05, 4.69) is 16.8 Å². The molecule has 0 atom stereocenters. The number of nitrogens with one attached hydrogen (secondary N) is 1. The minimum atomic E-state index is 0.0357. The van der Waals surface area contributed by atoms with Crippen molar-refractivity contribution in [3.05, 3.63) is 57.8 Å². The van der Waals surface area contributed by atoms with E-state index in [4.69, 9.17) is 5.26 Å². The third-order valence-electron chi connectivity index (χ3n) is 2.77. The fraction of sp³-hybridized carbons (Fsp3) is 0.200. The monoisotopic (exact) mass is 270 g/mol. The summed E-state index contributed by atoms with van der Waals surface area (Å²) in [6.45, 7) is 0.470. The van der Waals surface area contributed by atoms with Crippen LogP contribution in [-0.2, 0) is 17.8 Å². The summed E-state index contributed by atoms with van der Waals surface area (Å²) in [5.41, 5.74) is 2.76. The molecule has 1 aromatic carbocycles. The summed E-state index contributed by atoms with van der Waals surface area (Å²) in [5, 5.41) is 15.7. The molecule has 0 aliphatic heterocycles. The highest BCUT2D eigenvalue weighted by Crippen LogP contribution is 2.08. The molecule has 0 unspecified atom stereocenters. The van der Waals surface area contributed by atoms with Gasteiger partial charge in [0, 0.05) is 13.0 Å². The smallest absolute Gasteiger partial charge is 0.220 e. The van der Waals surface area contributed by atoms with Crippen LogP contribution in [0.15, 0.2) is 41.1 Å². The van der Waals surface area contributed by atoms with E-state index in [-0.39, 0.29) is 5.91 Å². The van der Waals surface area contributed by atoms with Gasteiger partial charge in [0.25, 0.3) is 0 Å². The topological polar surface area (TPSA) is 52.9 Å². The van der Waals surface area contributed by atoms with Gasteiger partial charge in [-0.15, -0.1) is 0 Å².